The Morgan fingerprint density at radius 3 is 1.11 bits per heavy atom. The monoisotopic (exact) mass is 2070 g/mol. The van der Waals surface area contributed by atoms with Crippen molar-refractivity contribution in [2.24, 2.45) is 18.9 Å². The molecule has 34 nitrogen and oxygen atoms in total. The molecule has 13 N–H and O–H groups in total. The van der Waals surface area contributed by atoms with Gasteiger partial charge in [-0.3, -0.25) is 37.9 Å². The van der Waals surface area contributed by atoms with Gasteiger partial charge in [0.25, 0.3) is 35.1 Å². The van der Waals surface area contributed by atoms with Crippen LogP contribution in [0.3, 0.4) is 0 Å². The summed E-state index contributed by atoms with van der Waals surface area (Å²) in [4.78, 5) is 89.3. The highest BCUT2D eigenvalue weighted by atomic mass is 127. The number of methoxy groups -OCH3 is 1. The first-order valence-electron chi connectivity index (χ1n) is 43.6. The van der Waals surface area contributed by atoms with Gasteiger partial charge in [0.2, 0.25) is 0 Å². The van der Waals surface area contributed by atoms with Crippen molar-refractivity contribution in [3.63, 3.8) is 0 Å². The number of carbonyl (C=O) groups excluding carboxylic acids is 5. The summed E-state index contributed by atoms with van der Waals surface area (Å²) in [5.41, 5.74) is -0.0378. The van der Waals surface area contributed by atoms with E-state index >= 15 is 0 Å². The first kappa shape index (κ1) is 113. The molecule has 11 aliphatic heterocycles. The number of rotatable bonds is 25. The predicted octanol–water partition coefficient (Wildman–Crippen LogP) is 4.44. The van der Waals surface area contributed by atoms with Crippen molar-refractivity contribution >= 4 is 131 Å². The normalized spacial score (nSPS) is 31.9. The average molecular weight is 2070 g/mol. The molecule has 1 aromatic rings. The summed E-state index contributed by atoms with van der Waals surface area (Å²) in [6.45, 7) is 44.8. The zero-order valence-electron chi connectivity index (χ0n) is 79.9. The second kappa shape index (κ2) is 47.5. The Labute approximate surface area is 793 Å². The lowest BCUT2D eigenvalue weighted by Gasteiger charge is -2.34. The Kier molecular flexibility index (Phi) is 40.6. The van der Waals surface area contributed by atoms with Crippen LogP contribution in [0.2, 0.25) is 0 Å². The molecule has 12 heterocycles. The number of aliphatic hydroxyl groups excluding tert-OH is 8. The maximum atomic E-state index is 12.2. The van der Waals surface area contributed by atoms with Crippen molar-refractivity contribution in [2.75, 3.05) is 124 Å². The molecule has 11 aliphatic rings. The van der Waals surface area contributed by atoms with Crippen LogP contribution >= 0.6 is 63.9 Å². The number of hydrogen-bond acceptors (Lipinski definition) is 27. The van der Waals surface area contributed by atoms with Gasteiger partial charge in [0, 0.05) is 93.1 Å². The molecule has 0 unspecified atom stereocenters. The van der Waals surface area contributed by atoms with Crippen LogP contribution in [-0.2, 0) is 64.2 Å². The topological polar surface area (TPSA) is 432 Å². The number of carbonyl (C=O) groups is 5. The Morgan fingerprint density at radius 2 is 0.727 bits per heavy atom. The Hall–Kier alpha value is -6.08. The van der Waals surface area contributed by atoms with E-state index in [1.807, 2.05) is 13.8 Å². The van der Waals surface area contributed by atoms with E-state index in [-0.39, 0.29) is 99.1 Å². The van der Waals surface area contributed by atoms with Crippen LogP contribution in [0, 0.1) is 23.7 Å². The number of ether oxygens (including phenoxy) is 7. The van der Waals surface area contributed by atoms with Crippen LogP contribution in [0.1, 0.15) is 72.4 Å². The molecule has 740 valence electrons. The van der Waals surface area contributed by atoms with Crippen LogP contribution in [0.5, 0.6) is 0 Å². The Balaban J connectivity index is 0.000000217. The SMILES string of the molecule is C=C1NC(=O)C(C#CC)=CN1[C@@H]1O[C@H](CCP(=C)(C)C)[C@@H](O)[C@H]1O.C=C1NC(=O)C(C)=CN1[C@@H]1O[C@H](CCP(=C)(C)C)[C@@H](O)[C@H]1O.C=C1NC(=O)C=CN1[C@@H]1O[C@H](CCP(=C)(C)C)[C@@H](O)[C@H]1C.C=C1NC(=O)C=CN1[C@@H]1O[C@H](CCP(=C)(C)C)[C@@H](O)[C@H]1I.C=C1NC(=O)C=CN1[C@@H]1O[C@H](CCP(=C)(C)C)[C@@H](O)[C@H]1OC.C=P(C)(C)CC[C@H]1O[C@@H](n2ccc(=O)n(C)c2=O)[C@H](C)[C@@H]1O. The molecule has 0 aromatic carbocycles. The van der Waals surface area contributed by atoms with Gasteiger partial charge in [0.15, 0.2) is 18.7 Å². The minimum Gasteiger partial charge on any atom is -0.390 e. The summed E-state index contributed by atoms with van der Waals surface area (Å²) < 4.78 is 43.4. The summed E-state index contributed by atoms with van der Waals surface area (Å²) in [7, 11) is 2.98. The number of aromatic nitrogens is 2. The van der Waals surface area contributed by atoms with E-state index in [1.165, 1.54) is 53.2 Å². The molecule has 1 aromatic heterocycles. The lowest BCUT2D eigenvalue weighted by atomic mass is 10.00. The van der Waals surface area contributed by atoms with Gasteiger partial charge in [-0.05, 0) is 169 Å². The van der Waals surface area contributed by atoms with Gasteiger partial charge in [-0.25, -0.2) is 4.79 Å². The van der Waals surface area contributed by atoms with Gasteiger partial charge in [0.05, 0.1) is 58.9 Å². The summed E-state index contributed by atoms with van der Waals surface area (Å²) >= 11 is 2.20. The quantitative estimate of drug-likeness (QED) is 0.0278. The zero-order valence-corrected chi connectivity index (χ0v) is 87.4. The van der Waals surface area contributed by atoms with Crippen molar-refractivity contribution in [3.05, 3.63) is 155 Å². The molecule has 0 bridgehead atoms. The van der Waals surface area contributed by atoms with E-state index in [0.29, 0.717) is 41.7 Å². The molecule has 0 aliphatic carbocycles. The van der Waals surface area contributed by atoms with E-state index in [1.54, 1.807) is 65.4 Å². The number of halogens is 1. The molecule has 41 heteroatoms. The van der Waals surface area contributed by atoms with E-state index in [9.17, 15) is 74.4 Å². The molecule has 5 amide bonds. The van der Waals surface area contributed by atoms with Crippen molar-refractivity contribution in [3.8, 4) is 11.8 Å². The smallest absolute Gasteiger partial charge is 0.332 e. The standard InChI is InChI=1S/C17H25N2O4P.3C15H25N2O4P.C15H25N2O3P.C14H22IN2O3P/c1-6-7-12-10-19(11(2)18-16(12)22)17-15(21)14(20)13(23-17)8-9-24(3,4)5;1-10-16-12(18)6-8-17(10)15-14(20-2)13(19)11(21-15)7-9-22(3,4)5;1-10-13(19)11(7-9-22(3,4)5)21-14(10)17-8-6-12(18)16(2)15(17)20;1-9-8-17(10(2)16-14(9)20)15-13(19)12(18)11(21-15)6-7-22(3,4)5;1-10-14(19)12(7-9-21(3,4)5)20-15(10)17-8-6-13(18)16-11(17)2;1-9-16-11(18)5-7-17(9)14-12(15)13(19)10(20-14)6-8-21(2,3)4/h10,13-15,17,20-21H,2-3,8-9H2,1,4-5H3,(H,18,22);6,8,11,13-15,19H,1,3,7,9H2,2,4-5H3,(H,16,18);6,8,10-11,13-14,19H,3,7,9H2,1-2,4-5H3;8,11-13,15,18-19H,2-3,6-7H2,1,4-5H3,(H,16,20);6,8,10,12,14-15,19H,2-3,7,9H2,1,4-5H3,(H,16,18);5,7,10,12-14,19H,1-2,6,8H2,3-4H3,(H,16,18)/t13-,14-,15-,17-;11-,13-,14-,15-;10-,11-,13+,14-;11-,12-,13-,15-;10-,12-,14+,15-;10-,12-,13-,14-/m111111/s1. The summed E-state index contributed by atoms with van der Waals surface area (Å²) in [6.07, 6.45) is 36.5. The molecule has 24 atom stereocenters. The van der Waals surface area contributed by atoms with E-state index in [4.69, 9.17) is 33.2 Å². The molecular weight excluding hydrogens is 1930 g/mol. The average Bonchev–Trinajstić information content (AvgIpc) is 1.69. The number of amides is 5. The highest BCUT2D eigenvalue weighted by Gasteiger charge is 2.52. The fraction of sp³-hybridized carbons (Fsp3) is 0.593. The van der Waals surface area contributed by atoms with Gasteiger partial charge in [-0.15, -0.1) is 85.0 Å². The first-order valence-corrected chi connectivity index (χ1v) is 63.2. The second-order valence-electron chi connectivity index (χ2n) is 39.1. The zero-order chi connectivity index (χ0) is 99.4. The van der Waals surface area contributed by atoms with Crippen LogP contribution in [0.4, 0.5) is 0 Å². The minimum absolute atomic E-state index is 0.0577. The Morgan fingerprint density at radius 1 is 0.417 bits per heavy atom. The fourth-order valence-electron chi connectivity index (χ4n) is 15.6. The summed E-state index contributed by atoms with van der Waals surface area (Å²) in [6, 6.07) is 1.34. The number of alkyl halides is 1. The highest BCUT2D eigenvalue weighted by molar-refractivity contribution is 14.1. The third kappa shape index (κ3) is 31.7. The lowest BCUT2D eigenvalue weighted by molar-refractivity contribution is -0.120. The molecular formula is C91H147IN12O22P6. The van der Waals surface area contributed by atoms with Gasteiger partial charge in [0.1, 0.15) is 90.0 Å². The van der Waals surface area contributed by atoms with Crippen LogP contribution in [0.25, 0.3) is 0 Å². The molecule has 0 spiro atoms. The fourth-order valence-corrected chi connectivity index (χ4v) is 22.3. The predicted molar refractivity (Wildman–Crippen MR) is 549 cm³/mol. The number of nitrogens with one attached hydrogen (secondary N) is 5. The molecule has 132 heavy (non-hydrogen) atoms. The van der Waals surface area contributed by atoms with Gasteiger partial charge in [-0.1, -0.05) is 75.3 Å². The van der Waals surface area contributed by atoms with Gasteiger partial charge in [-0.2, -0.15) is 0 Å². The lowest BCUT2D eigenvalue weighted by Crippen LogP contribution is -2.47. The molecule has 12 rings (SSSR count). The van der Waals surface area contributed by atoms with Crippen molar-refractivity contribution in [1.29, 1.82) is 0 Å². The van der Waals surface area contributed by atoms with E-state index < -0.39 is 139 Å². The largest absolute Gasteiger partial charge is 0.390 e. The third-order valence-electron chi connectivity index (χ3n) is 23.4. The highest BCUT2D eigenvalue weighted by Crippen LogP contribution is 2.47. The number of nitrogens with zero attached hydrogens (tertiary/aromatic N) is 7. The summed E-state index contributed by atoms with van der Waals surface area (Å²) in [5.74, 6) is 5.90. The maximum Gasteiger partial charge on any atom is 0.332 e. The van der Waals surface area contributed by atoms with E-state index in [0.717, 1.165) is 67.2 Å². The first-order chi connectivity index (χ1) is 60.9. The van der Waals surface area contributed by atoms with Crippen LogP contribution in [-0.4, -0.2) is 393 Å². The molecule has 0 saturated carbocycles. The Bertz CT molecular complexity index is 4970. The van der Waals surface area contributed by atoms with Crippen molar-refractivity contribution in [1.82, 2.24) is 60.2 Å². The number of aliphatic hydroxyl groups is 8. The van der Waals surface area contributed by atoms with E-state index in [2.05, 4.69) is 212 Å². The molecule has 6 fully saturated rings. The van der Waals surface area contributed by atoms with Gasteiger partial charge < -0.3 is 125 Å². The second-order valence-corrected chi connectivity index (χ2v) is 66.4. The minimum atomic E-state index is -1.25. The van der Waals surface area contributed by atoms with Crippen molar-refractivity contribution < 1.29 is 98.0 Å². The van der Waals surface area contributed by atoms with Crippen LogP contribution in [0.15, 0.2) is 144 Å². The summed E-state index contributed by atoms with van der Waals surface area (Å²) in [5, 5.41) is 95.9. The van der Waals surface area contributed by atoms with Crippen molar-refractivity contribution in [2.45, 2.75) is 199 Å². The molecule has 6 saturated heterocycles. The number of hydrogen-bond donors (Lipinski definition) is 13. The maximum absolute atomic E-state index is 12.2. The third-order valence-corrected chi connectivity index (χ3v) is 33.6. The molecule has 0 radical (unpaired) electrons. The van der Waals surface area contributed by atoms with Crippen LogP contribution < -0.4 is 37.8 Å². The van der Waals surface area contributed by atoms with Gasteiger partial charge >= 0.3 is 5.69 Å².